The Morgan fingerprint density at radius 1 is 1.10 bits per heavy atom. The van der Waals surface area contributed by atoms with Gasteiger partial charge in [0.25, 0.3) is 0 Å². The molecule has 0 unspecified atom stereocenters. The first-order chi connectivity index (χ1) is 14.1. The molecule has 0 saturated carbocycles. The van der Waals surface area contributed by atoms with E-state index in [9.17, 15) is 0 Å². The summed E-state index contributed by atoms with van der Waals surface area (Å²) in [4.78, 5) is 0. The smallest absolute Gasteiger partial charge is 0.192 e. The van der Waals surface area contributed by atoms with Crippen LogP contribution in [-0.2, 0) is 25.2 Å². The molecular weight excluding hydrogens is 396 g/mol. The van der Waals surface area contributed by atoms with E-state index in [4.69, 9.17) is 23.4 Å². The van der Waals surface area contributed by atoms with Crippen molar-refractivity contribution in [1.82, 2.24) is 0 Å². The van der Waals surface area contributed by atoms with Gasteiger partial charge in [0, 0.05) is 19.6 Å². The normalized spacial score (nSPS) is 15.5. The molecule has 0 aromatic heterocycles. The van der Waals surface area contributed by atoms with Gasteiger partial charge in [-0.25, -0.2) is 0 Å². The fraction of sp³-hybridized carbons (Fsp3) is 0.667. The Balaban J connectivity index is 2.67. The largest absolute Gasteiger partial charge is 0.497 e. The Kier molecular flexibility index (Phi) is 11.3. The molecule has 0 aliphatic rings. The van der Waals surface area contributed by atoms with E-state index < -0.39 is 8.32 Å². The summed E-state index contributed by atoms with van der Waals surface area (Å²) in [5.74, 6) is 0.981. The van der Waals surface area contributed by atoms with E-state index in [0.717, 1.165) is 17.7 Å². The fourth-order valence-corrected chi connectivity index (χ4v) is 4.21. The van der Waals surface area contributed by atoms with Crippen LogP contribution in [-0.4, -0.2) is 48.1 Å². The van der Waals surface area contributed by atoms with Gasteiger partial charge < -0.3 is 23.4 Å². The molecule has 1 rings (SSSR count). The van der Waals surface area contributed by atoms with Gasteiger partial charge in [-0.15, -0.1) is 6.58 Å². The highest BCUT2D eigenvalue weighted by Crippen LogP contribution is 2.38. The maximum atomic E-state index is 6.62. The third kappa shape index (κ3) is 8.51. The summed E-state index contributed by atoms with van der Waals surface area (Å²) in [6.07, 6.45) is 2.54. The number of benzene rings is 1. The topological polar surface area (TPSA) is 46.2 Å². The number of hydrogen-bond acceptors (Lipinski definition) is 5. The molecule has 0 saturated heterocycles. The van der Waals surface area contributed by atoms with E-state index in [1.165, 1.54) is 0 Å². The summed E-state index contributed by atoms with van der Waals surface area (Å²) >= 11 is 0. The van der Waals surface area contributed by atoms with Crippen LogP contribution in [0.3, 0.4) is 0 Å². The average molecular weight is 439 g/mol. The molecule has 1 aromatic carbocycles. The second-order valence-electron chi connectivity index (χ2n) is 9.24. The summed E-state index contributed by atoms with van der Waals surface area (Å²) < 4.78 is 28.9. The monoisotopic (exact) mass is 438 g/mol. The van der Waals surface area contributed by atoms with Crippen LogP contribution in [0.2, 0.25) is 18.1 Å². The van der Waals surface area contributed by atoms with Gasteiger partial charge in [-0.2, -0.15) is 0 Å². The van der Waals surface area contributed by atoms with Gasteiger partial charge in [0.05, 0.1) is 25.9 Å². The molecule has 6 heteroatoms. The lowest BCUT2D eigenvalue weighted by Gasteiger charge is -2.41. The number of rotatable bonds is 14. The molecule has 0 N–H and O–H groups in total. The zero-order chi connectivity index (χ0) is 22.8. The third-order valence-electron chi connectivity index (χ3n) is 5.95. The lowest BCUT2D eigenvalue weighted by molar-refractivity contribution is -0.109. The van der Waals surface area contributed by atoms with E-state index in [1.54, 1.807) is 14.2 Å². The molecule has 172 valence electrons. The molecule has 5 nitrogen and oxygen atoms in total. The van der Waals surface area contributed by atoms with Crippen LogP contribution in [0.4, 0.5) is 0 Å². The predicted molar refractivity (Wildman–Crippen MR) is 125 cm³/mol. The Morgan fingerprint density at radius 3 is 2.23 bits per heavy atom. The zero-order valence-electron chi connectivity index (χ0n) is 20.2. The van der Waals surface area contributed by atoms with Crippen molar-refractivity contribution in [2.24, 2.45) is 5.92 Å². The Labute approximate surface area is 184 Å². The summed E-state index contributed by atoms with van der Waals surface area (Å²) in [5.41, 5.74) is 1.11. The summed E-state index contributed by atoms with van der Waals surface area (Å²) in [6, 6.07) is 7.92. The first-order valence-corrected chi connectivity index (χ1v) is 13.6. The third-order valence-corrected chi connectivity index (χ3v) is 10.4. The first kappa shape index (κ1) is 26.9. The first-order valence-electron chi connectivity index (χ1n) is 10.7. The van der Waals surface area contributed by atoms with Crippen LogP contribution in [0.15, 0.2) is 36.9 Å². The molecule has 3 atom stereocenters. The molecule has 0 aliphatic heterocycles. The minimum Gasteiger partial charge on any atom is -0.497 e. The highest BCUT2D eigenvalue weighted by atomic mass is 28.4. The molecule has 0 fully saturated rings. The zero-order valence-corrected chi connectivity index (χ0v) is 21.2. The van der Waals surface area contributed by atoms with Gasteiger partial charge in [-0.05, 0) is 42.2 Å². The van der Waals surface area contributed by atoms with Gasteiger partial charge in [-0.3, -0.25) is 0 Å². The van der Waals surface area contributed by atoms with Crippen LogP contribution >= 0.6 is 0 Å². The molecular formula is C24H42O5Si. The molecule has 0 spiro atoms. The standard InChI is InChI=1S/C24H42O5Si/c1-10-22(29-30(8,9)24(3,4)5)19(2)23(28-18-25-6)15-16-27-17-20-11-13-21(26-7)14-12-20/h10-14,19,22-23H,1,15-18H2,2-9H3/t19-,22-,23-/m0/s1. The fourth-order valence-electron chi connectivity index (χ4n) is 2.86. The van der Waals surface area contributed by atoms with Crippen LogP contribution in [0.5, 0.6) is 5.75 Å². The van der Waals surface area contributed by atoms with Crippen molar-refractivity contribution in [3.8, 4) is 5.75 Å². The summed E-state index contributed by atoms with van der Waals surface area (Å²) in [7, 11) is 1.38. The van der Waals surface area contributed by atoms with Crippen molar-refractivity contribution in [3.63, 3.8) is 0 Å². The minimum absolute atomic E-state index is 0.0476. The van der Waals surface area contributed by atoms with Crippen molar-refractivity contribution >= 4 is 8.32 Å². The number of methoxy groups -OCH3 is 2. The van der Waals surface area contributed by atoms with Crippen molar-refractivity contribution in [2.45, 2.75) is 71.1 Å². The minimum atomic E-state index is -1.92. The van der Waals surface area contributed by atoms with Gasteiger partial charge in [0.1, 0.15) is 12.5 Å². The van der Waals surface area contributed by atoms with E-state index in [1.807, 2.05) is 30.3 Å². The average Bonchev–Trinajstić information content (AvgIpc) is 2.70. The van der Waals surface area contributed by atoms with Crippen molar-refractivity contribution < 1.29 is 23.4 Å². The van der Waals surface area contributed by atoms with Crippen molar-refractivity contribution in [3.05, 3.63) is 42.5 Å². The van der Waals surface area contributed by atoms with E-state index >= 15 is 0 Å². The number of hydrogen-bond donors (Lipinski definition) is 0. The van der Waals surface area contributed by atoms with Crippen LogP contribution in [0.25, 0.3) is 0 Å². The van der Waals surface area contributed by atoms with Crippen molar-refractivity contribution in [2.75, 3.05) is 27.6 Å². The Morgan fingerprint density at radius 2 is 1.73 bits per heavy atom. The maximum Gasteiger partial charge on any atom is 0.192 e. The highest BCUT2D eigenvalue weighted by Gasteiger charge is 2.40. The van der Waals surface area contributed by atoms with Gasteiger partial charge in [-0.1, -0.05) is 45.9 Å². The predicted octanol–water partition coefficient (Wildman–Crippen LogP) is 5.80. The number of ether oxygens (including phenoxy) is 4. The second-order valence-corrected chi connectivity index (χ2v) is 14.0. The van der Waals surface area contributed by atoms with E-state index in [0.29, 0.717) is 13.2 Å². The second kappa shape index (κ2) is 12.6. The molecule has 0 heterocycles. The Hall–Kier alpha value is -1.18. The molecule has 30 heavy (non-hydrogen) atoms. The lowest BCUT2D eigenvalue weighted by Crippen LogP contribution is -2.47. The van der Waals surface area contributed by atoms with Gasteiger partial charge >= 0.3 is 0 Å². The summed E-state index contributed by atoms with van der Waals surface area (Å²) in [6.45, 7) is 18.8. The molecule has 1 aromatic rings. The molecule has 0 radical (unpaired) electrons. The van der Waals surface area contributed by atoms with Crippen LogP contribution in [0.1, 0.15) is 39.7 Å². The van der Waals surface area contributed by atoms with Crippen LogP contribution < -0.4 is 4.74 Å². The Bertz CT molecular complexity index is 609. The van der Waals surface area contributed by atoms with Gasteiger partial charge in [0.15, 0.2) is 8.32 Å². The van der Waals surface area contributed by atoms with Crippen molar-refractivity contribution in [1.29, 1.82) is 0 Å². The maximum absolute atomic E-state index is 6.62. The lowest BCUT2D eigenvalue weighted by atomic mass is 9.96. The highest BCUT2D eigenvalue weighted by molar-refractivity contribution is 6.74. The summed E-state index contributed by atoms with van der Waals surface area (Å²) in [5, 5.41) is 0.137. The van der Waals surface area contributed by atoms with E-state index in [-0.39, 0.29) is 30.0 Å². The molecule has 0 bridgehead atoms. The molecule has 0 amide bonds. The van der Waals surface area contributed by atoms with Gasteiger partial charge in [0.2, 0.25) is 0 Å². The van der Waals surface area contributed by atoms with Crippen LogP contribution in [0, 0.1) is 5.92 Å². The molecule has 0 aliphatic carbocycles. The quantitative estimate of drug-likeness (QED) is 0.159. The van der Waals surface area contributed by atoms with E-state index in [2.05, 4.69) is 47.4 Å². The SMILES string of the molecule is C=C[C@H](O[Si](C)(C)C(C)(C)C)[C@H](C)[C@H](CCOCc1ccc(OC)cc1)OCOC.